The molecular formula is C10H14O4S. The first-order chi connectivity index (χ1) is 7.24. The number of ether oxygens (including phenoxy) is 1. The summed E-state index contributed by atoms with van der Waals surface area (Å²) in [6.07, 6.45) is 1.07. The molecule has 84 valence electrons. The molecule has 0 bridgehead atoms. The number of thioether (sulfide) groups is 1. The first-order valence-electron chi connectivity index (χ1n) is 4.70. The second-order valence-corrected chi connectivity index (χ2v) is 3.95. The van der Waals surface area contributed by atoms with E-state index < -0.39 is 5.43 Å². The minimum absolute atomic E-state index is 0.349. The molecule has 0 saturated carbocycles. The Labute approximate surface area is 92.3 Å². The molecule has 0 aromatic carbocycles. The molecule has 1 heterocycles. The highest BCUT2D eigenvalue weighted by molar-refractivity contribution is 7.98. The fourth-order valence-corrected chi connectivity index (χ4v) is 1.69. The zero-order chi connectivity index (χ0) is 11.1. The minimum Gasteiger partial charge on any atom is -0.502 e. The third-order valence-electron chi connectivity index (χ3n) is 1.69. The van der Waals surface area contributed by atoms with Crippen molar-refractivity contribution in [3.05, 3.63) is 28.3 Å². The van der Waals surface area contributed by atoms with Gasteiger partial charge in [0.2, 0.25) is 5.43 Å². The summed E-state index contributed by atoms with van der Waals surface area (Å²) in [4.78, 5) is 11.0. The Morgan fingerprint density at radius 2 is 2.40 bits per heavy atom. The van der Waals surface area contributed by atoms with Gasteiger partial charge in [-0.15, -0.1) is 0 Å². The van der Waals surface area contributed by atoms with Gasteiger partial charge in [-0.05, 0) is 6.92 Å². The molecule has 0 atom stereocenters. The van der Waals surface area contributed by atoms with Crippen LogP contribution in [0.3, 0.4) is 0 Å². The van der Waals surface area contributed by atoms with Gasteiger partial charge >= 0.3 is 0 Å². The molecule has 0 radical (unpaired) electrons. The van der Waals surface area contributed by atoms with Gasteiger partial charge in [-0.25, -0.2) is 0 Å². The zero-order valence-corrected chi connectivity index (χ0v) is 9.38. The Balaban J connectivity index is 2.32. The average Bonchev–Trinajstić information content (AvgIpc) is 2.23. The van der Waals surface area contributed by atoms with Crippen LogP contribution < -0.4 is 5.43 Å². The first-order valence-corrected chi connectivity index (χ1v) is 5.85. The fraction of sp³-hybridized carbons (Fsp3) is 0.500. The molecule has 15 heavy (non-hydrogen) atoms. The molecule has 1 rings (SSSR count). The van der Waals surface area contributed by atoms with Crippen molar-refractivity contribution in [3.63, 3.8) is 0 Å². The van der Waals surface area contributed by atoms with Gasteiger partial charge in [-0.2, -0.15) is 11.8 Å². The second kappa shape index (κ2) is 6.53. The maximum atomic E-state index is 11.0. The third-order valence-corrected chi connectivity index (χ3v) is 2.63. The van der Waals surface area contributed by atoms with Gasteiger partial charge in [0.05, 0.1) is 12.4 Å². The van der Waals surface area contributed by atoms with Crippen LogP contribution in [0.15, 0.2) is 21.5 Å². The molecule has 1 aromatic rings. The van der Waals surface area contributed by atoms with E-state index in [1.54, 1.807) is 11.8 Å². The van der Waals surface area contributed by atoms with E-state index >= 15 is 0 Å². The quantitative estimate of drug-likeness (QED) is 0.752. The summed E-state index contributed by atoms with van der Waals surface area (Å²) in [6.45, 7) is 3.36. The summed E-state index contributed by atoms with van der Waals surface area (Å²) in [5, 5.41) is 8.95. The highest BCUT2D eigenvalue weighted by Crippen LogP contribution is 2.12. The maximum absolute atomic E-state index is 11.0. The summed E-state index contributed by atoms with van der Waals surface area (Å²) in [7, 11) is 0. The van der Waals surface area contributed by atoms with Crippen molar-refractivity contribution in [2.75, 3.05) is 19.0 Å². The molecule has 0 aliphatic carbocycles. The van der Waals surface area contributed by atoms with Gasteiger partial charge in [-0.1, -0.05) is 0 Å². The van der Waals surface area contributed by atoms with Gasteiger partial charge < -0.3 is 14.3 Å². The van der Waals surface area contributed by atoms with Crippen LogP contribution in [0.5, 0.6) is 5.75 Å². The van der Waals surface area contributed by atoms with E-state index in [2.05, 4.69) is 0 Å². The van der Waals surface area contributed by atoms with E-state index in [1.807, 2.05) is 6.92 Å². The van der Waals surface area contributed by atoms with Crippen molar-refractivity contribution in [3.8, 4) is 5.75 Å². The third kappa shape index (κ3) is 4.40. The predicted molar refractivity (Wildman–Crippen MR) is 59.3 cm³/mol. The Hall–Kier alpha value is -0.940. The smallest absolute Gasteiger partial charge is 0.226 e. The molecule has 0 saturated heterocycles. The SMILES string of the molecule is CCOCCSCc1cc(=O)c(O)co1. The van der Waals surface area contributed by atoms with E-state index in [4.69, 9.17) is 14.3 Å². The number of aromatic hydroxyl groups is 1. The van der Waals surface area contributed by atoms with Crippen LogP contribution in [0.2, 0.25) is 0 Å². The van der Waals surface area contributed by atoms with E-state index in [0.29, 0.717) is 18.1 Å². The monoisotopic (exact) mass is 230 g/mol. The molecular weight excluding hydrogens is 216 g/mol. The van der Waals surface area contributed by atoms with Crippen molar-refractivity contribution in [1.82, 2.24) is 0 Å². The van der Waals surface area contributed by atoms with E-state index in [-0.39, 0.29) is 5.75 Å². The van der Waals surface area contributed by atoms with Crippen LogP contribution in [0, 0.1) is 0 Å². The van der Waals surface area contributed by atoms with Gasteiger partial charge in [-0.3, -0.25) is 4.79 Å². The molecule has 1 N–H and O–H groups in total. The maximum Gasteiger partial charge on any atom is 0.226 e. The lowest BCUT2D eigenvalue weighted by atomic mass is 10.4. The minimum atomic E-state index is -0.401. The van der Waals surface area contributed by atoms with Gasteiger partial charge in [0, 0.05) is 18.4 Å². The molecule has 0 spiro atoms. The number of hydrogen-bond acceptors (Lipinski definition) is 5. The molecule has 5 heteroatoms. The lowest BCUT2D eigenvalue weighted by Gasteiger charge is -2.01. The van der Waals surface area contributed by atoms with E-state index in [0.717, 1.165) is 18.6 Å². The Morgan fingerprint density at radius 3 is 3.07 bits per heavy atom. The second-order valence-electron chi connectivity index (χ2n) is 2.85. The van der Waals surface area contributed by atoms with E-state index in [1.165, 1.54) is 6.07 Å². The Bertz CT molecular complexity index is 348. The Morgan fingerprint density at radius 1 is 1.60 bits per heavy atom. The number of rotatable bonds is 6. The highest BCUT2D eigenvalue weighted by atomic mass is 32.2. The molecule has 1 aromatic heterocycles. The van der Waals surface area contributed by atoms with Crippen LogP contribution >= 0.6 is 11.8 Å². The van der Waals surface area contributed by atoms with Crippen LogP contribution in [0.4, 0.5) is 0 Å². The largest absolute Gasteiger partial charge is 0.502 e. The molecule has 0 unspecified atom stereocenters. The average molecular weight is 230 g/mol. The molecule has 0 amide bonds. The normalized spacial score (nSPS) is 10.5. The van der Waals surface area contributed by atoms with Crippen molar-refractivity contribution in [2.24, 2.45) is 0 Å². The number of hydrogen-bond donors (Lipinski definition) is 1. The summed E-state index contributed by atoms with van der Waals surface area (Å²) in [5.74, 6) is 1.69. The van der Waals surface area contributed by atoms with Crippen molar-refractivity contribution < 1.29 is 14.3 Å². The van der Waals surface area contributed by atoms with Gasteiger partial charge in [0.1, 0.15) is 12.0 Å². The van der Waals surface area contributed by atoms with Crippen molar-refractivity contribution in [2.45, 2.75) is 12.7 Å². The Kier molecular flexibility index (Phi) is 5.28. The molecule has 0 fully saturated rings. The van der Waals surface area contributed by atoms with Gasteiger partial charge in [0.15, 0.2) is 5.75 Å². The van der Waals surface area contributed by atoms with Crippen LogP contribution in [0.1, 0.15) is 12.7 Å². The van der Waals surface area contributed by atoms with Crippen molar-refractivity contribution in [1.29, 1.82) is 0 Å². The van der Waals surface area contributed by atoms with E-state index in [9.17, 15) is 4.79 Å². The van der Waals surface area contributed by atoms with Crippen molar-refractivity contribution >= 4 is 11.8 Å². The predicted octanol–water partition coefficient (Wildman–Crippen LogP) is 1.62. The molecule has 4 nitrogen and oxygen atoms in total. The van der Waals surface area contributed by atoms with Crippen LogP contribution in [-0.4, -0.2) is 24.1 Å². The standard InChI is InChI=1S/C10H14O4S/c1-2-13-3-4-15-7-8-5-9(11)10(12)6-14-8/h5-6,12H,2-4,7H2,1H3. The molecule has 0 aliphatic rings. The summed E-state index contributed by atoms with van der Waals surface area (Å²) < 4.78 is 10.2. The lowest BCUT2D eigenvalue weighted by Crippen LogP contribution is -2.00. The summed E-state index contributed by atoms with van der Waals surface area (Å²) in [5.41, 5.74) is -0.401. The zero-order valence-electron chi connectivity index (χ0n) is 8.56. The summed E-state index contributed by atoms with van der Waals surface area (Å²) >= 11 is 1.62. The fourth-order valence-electron chi connectivity index (χ4n) is 0.954. The van der Waals surface area contributed by atoms with Gasteiger partial charge in [0.25, 0.3) is 0 Å². The topological polar surface area (TPSA) is 59.7 Å². The highest BCUT2D eigenvalue weighted by Gasteiger charge is 2.01. The lowest BCUT2D eigenvalue weighted by molar-refractivity contribution is 0.164. The van der Waals surface area contributed by atoms with Crippen LogP contribution in [0.25, 0.3) is 0 Å². The first kappa shape index (κ1) is 12.1. The van der Waals surface area contributed by atoms with Crippen LogP contribution in [-0.2, 0) is 10.5 Å². The molecule has 0 aliphatic heterocycles. The summed E-state index contributed by atoms with van der Waals surface area (Å²) in [6, 6.07) is 1.31.